The minimum Gasteiger partial charge on any atom is -0.392 e. The highest BCUT2D eigenvalue weighted by molar-refractivity contribution is 6.30. The molecule has 22 heavy (non-hydrogen) atoms. The Balaban J connectivity index is 2.13. The average molecular weight is 322 g/mol. The van der Waals surface area contributed by atoms with E-state index in [1.54, 1.807) is 23.0 Å². The molecular weight excluding hydrogens is 302 g/mol. The minimum atomic E-state index is -0.650. The third-order valence-electron chi connectivity index (χ3n) is 3.50. The molecule has 1 atom stereocenters. The van der Waals surface area contributed by atoms with Crippen molar-refractivity contribution < 1.29 is 9.90 Å². The quantitative estimate of drug-likeness (QED) is 0.888. The molecule has 118 valence electrons. The molecule has 0 aliphatic rings. The third kappa shape index (κ3) is 3.87. The minimum absolute atomic E-state index is 0.0426. The number of carbonyl (C=O) groups excluding carboxylic acids is 1. The van der Waals surface area contributed by atoms with Crippen LogP contribution in [0.5, 0.6) is 0 Å². The first-order valence-corrected chi connectivity index (χ1v) is 7.54. The van der Waals surface area contributed by atoms with Crippen LogP contribution >= 0.6 is 11.6 Å². The van der Waals surface area contributed by atoms with Crippen LogP contribution in [0.1, 0.15) is 26.0 Å². The van der Waals surface area contributed by atoms with Crippen LogP contribution in [-0.2, 0) is 4.79 Å². The first kappa shape index (κ1) is 16.5. The van der Waals surface area contributed by atoms with Crippen molar-refractivity contribution in [2.75, 3.05) is 5.32 Å². The summed E-state index contributed by atoms with van der Waals surface area (Å²) in [6, 6.07) is 7.32. The second kappa shape index (κ2) is 6.94. The summed E-state index contributed by atoms with van der Waals surface area (Å²) in [5.41, 5.74) is 2.25. The molecule has 1 heterocycles. The molecule has 0 radical (unpaired) electrons. The van der Waals surface area contributed by atoms with E-state index in [4.69, 9.17) is 11.6 Å². The molecular formula is C16H20ClN3O2. The Morgan fingerprint density at radius 3 is 2.82 bits per heavy atom. The molecule has 1 aromatic carbocycles. The number of nitrogens with zero attached hydrogens (tertiary/aromatic N) is 2. The molecule has 2 aromatic rings. The van der Waals surface area contributed by atoms with E-state index >= 15 is 0 Å². The predicted octanol–water partition coefficient (Wildman–Crippen LogP) is 3.18. The maximum absolute atomic E-state index is 12.0. The van der Waals surface area contributed by atoms with Crippen molar-refractivity contribution in [3.63, 3.8) is 0 Å². The zero-order valence-electron chi connectivity index (χ0n) is 12.9. The van der Waals surface area contributed by atoms with Crippen LogP contribution in [0.2, 0.25) is 5.02 Å². The molecule has 0 fully saturated rings. The van der Waals surface area contributed by atoms with Crippen molar-refractivity contribution in [3.8, 4) is 5.69 Å². The smallest absolute Gasteiger partial charge is 0.227 e. The van der Waals surface area contributed by atoms with Crippen LogP contribution in [-0.4, -0.2) is 26.9 Å². The average Bonchev–Trinajstić information content (AvgIpc) is 2.80. The summed E-state index contributed by atoms with van der Waals surface area (Å²) in [6.45, 7) is 5.61. The lowest BCUT2D eigenvalue weighted by Gasteiger charge is -2.13. The maximum atomic E-state index is 12.0. The largest absolute Gasteiger partial charge is 0.392 e. The van der Waals surface area contributed by atoms with E-state index in [0.29, 0.717) is 10.7 Å². The molecule has 0 aliphatic heterocycles. The number of halogens is 1. The summed E-state index contributed by atoms with van der Waals surface area (Å²) in [5.74, 6) is -0.184. The first-order chi connectivity index (χ1) is 10.4. The van der Waals surface area contributed by atoms with E-state index in [9.17, 15) is 9.90 Å². The summed E-state index contributed by atoms with van der Waals surface area (Å²) in [4.78, 5) is 12.0. The molecule has 1 amide bonds. The van der Waals surface area contributed by atoms with Crippen LogP contribution in [0.15, 0.2) is 30.5 Å². The Kier molecular flexibility index (Phi) is 5.21. The molecule has 6 heteroatoms. The van der Waals surface area contributed by atoms with Gasteiger partial charge in [-0.05, 0) is 31.0 Å². The van der Waals surface area contributed by atoms with Crippen LogP contribution in [0, 0.1) is 12.8 Å². The zero-order valence-corrected chi connectivity index (χ0v) is 13.6. The fourth-order valence-electron chi connectivity index (χ4n) is 2.03. The highest BCUT2D eigenvalue weighted by atomic mass is 35.5. The van der Waals surface area contributed by atoms with Crippen molar-refractivity contribution in [1.82, 2.24) is 9.78 Å². The molecule has 1 unspecified atom stereocenters. The van der Waals surface area contributed by atoms with Gasteiger partial charge in [0.05, 0.1) is 35.8 Å². The molecule has 0 aliphatic carbocycles. The van der Waals surface area contributed by atoms with Crippen molar-refractivity contribution in [2.45, 2.75) is 33.3 Å². The summed E-state index contributed by atoms with van der Waals surface area (Å²) in [5, 5.41) is 17.4. The highest BCUT2D eigenvalue weighted by Crippen LogP contribution is 2.21. The molecule has 0 saturated heterocycles. The van der Waals surface area contributed by atoms with Crippen LogP contribution < -0.4 is 5.32 Å². The van der Waals surface area contributed by atoms with Crippen LogP contribution in [0.25, 0.3) is 5.69 Å². The number of nitrogens with one attached hydrogen (secondary N) is 1. The van der Waals surface area contributed by atoms with Gasteiger partial charge in [-0.2, -0.15) is 5.10 Å². The van der Waals surface area contributed by atoms with Gasteiger partial charge in [-0.15, -0.1) is 0 Å². The number of anilines is 1. The van der Waals surface area contributed by atoms with Gasteiger partial charge in [0.25, 0.3) is 0 Å². The summed E-state index contributed by atoms with van der Waals surface area (Å²) < 4.78 is 1.71. The van der Waals surface area contributed by atoms with Gasteiger partial charge in [-0.25, -0.2) is 4.68 Å². The first-order valence-electron chi connectivity index (χ1n) is 7.17. The Morgan fingerprint density at radius 2 is 2.18 bits per heavy atom. The van der Waals surface area contributed by atoms with E-state index in [-0.39, 0.29) is 18.2 Å². The van der Waals surface area contributed by atoms with Gasteiger partial charge >= 0.3 is 0 Å². The van der Waals surface area contributed by atoms with Gasteiger partial charge in [0.15, 0.2) is 0 Å². The van der Waals surface area contributed by atoms with E-state index < -0.39 is 6.10 Å². The summed E-state index contributed by atoms with van der Waals surface area (Å²) in [6.07, 6.45) is 1.01. The lowest BCUT2D eigenvalue weighted by Crippen LogP contribution is -2.23. The van der Waals surface area contributed by atoms with Crippen molar-refractivity contribution in [2.24, 2.45) is 5.92 Å². The zero-order chi connectivity index (χ0) is 16.3. The van der Waals surface area contributed by atoms with Gasteiger partial charge in [-0.3, -0.25) is 4.79 Å². The number of benzene rings is 1. The Morgan fingerprint density at radius 1 is 1.45 bits per heavy atom. The van der Waals surface area contributed by atoms with E-state index in [1.165, 1.54) is 0 Å². The number of amides is 1. The number of aliphatic hydroxyl groups is 1. The fraction of sp³-hybridized carbons (Fsp3) is 0.375. The number of aliphatic hydroxyl groups excluding tert-OH is 1. The normalized spacial score (nSPS) is 12.5. The van der Waals surface area contributed by atoms with Gasteiger partial charge < -0.3 is 10.4 Å². The van der Waals surface area contributed by atoms with Crippen LogP contribution in [0.4, 0.5) is 5.69 Å². The molecule has 2 N–H and O–H groups in total. The van der Waals surface area contributed by atoms with Crippen molar-refractivity contribution in [3.05, 3.63) is 41.2 Å². The molecule has 0 bridgehead atoms. The van der Waals surface area contributed by atoms with Crippen molar-refractivity contribution >= 4 is 23.2 Å². The standard InChI is InChI=1S/C16H20ClN3O2/c1-10(2)15(21)8-16(22)19-14-9-18-20(11(14)3)13-6-4-5-12(17)7-13/h4-7,9-10,15,21H,8H2,1-3H3,(H,19,22). The molecule has 5 nitrogen and oxygen atoms in total. The highest BCUT2D eigenvalue weighted by Gasteiger charge is 2.16. The second-order valence-electron chi connectivity index (χ2n) is 5.60. The number of hydrogen-bond donors (Lipinski definition) is 2. The van der Waals surface area contributed by atoms with E-state index in [0.717, 1.165) is 11.4 Å². The predicted molar refractivity (Wildman–Crippen MR) is 87.4 cm³/mol. The second-order valence-corrected chi connectivity index (χ2v) is 6.04. The van der Waals surface area contributed by atoms with Gasteiger partial charge in [0.2, 0.25) is 5.91 Å². The third-order valence-corrected chi connectivity index (χ3v) is 3.74. The van der Waals surface area contributed by atoms with Gasteiger partial charge in [0, 0.05) is 5.02 Å². The number of aromatic nitrogens is 2. The van der Waals surface area contributed by atoms with Crippen LogP contribution in [0.3, 0.4) is 0 Å². The molecule has 0 spiro atoms. The Bertz CT molecular complexity index is 667. The van der Waals surface area contributed by atoms with Gasteiger partial charge in [0.1, 0.15) is 0 Å². The lowest BCUT2D eigenvalue weighted by atomic mass is 10.0. The topological polar surface area (TPSA) is 67.2 Å². The SMILES string of the molecule is Cc1c(NC(=O)CC(O)C(C)C)cnn1-c1cccc(Cl)c1. The monoisotopic (exact) mass is 321 g/mol. The number of hydrogen-bond acceptors (Lipinski definition) is 3. The Hall–Kier alpha value is -1.85. The molecule has 1 aromatic heterocycles. The summed E-state index contributed by atoms with van der Waals surface area (Å²) in [7, 11) is 0. The van der Waals surface area contributed by atoms with E-state index in [2.05, 4.69) is 10.4 Å². The summed E-state index contributed by atoms with van der Waals surface area (Å²) >= 11 is 5.99. The molecule has 0 saturated carbocycles. The Labute approximate surface area is 134 Å². The number of carbonyl (C=O) groups is 1. The lowest BCUT2D eigenvalue weighted by molar-refractivity contribution is -0.118. The maximum Gasteiger partial charge on any atom is 0.227 e. The number of rotatable bonds is 5. The fourth-order valence-corrected chi connectivity index (χ4v) is 2.21. The molecule has 2 rings (SSSR count). The van der Waals surface area contributed by atoms with E-state index in [1.807, 2.05) is 32.9 Å². The van der Waals surface area contributed by atoms with Crippen molar-refractivity contribution in [1.29, 1.82) is 0 Å². The van der Waals surface area contributed by atoms with Gasteiger partial charge in [-0.1, -0.05) is 31.5 Å².